The molecule has 3 aromatic rings. The molecular weight excluding hydrogens is 418 g/mol. The van der Waals surface area contributed by atoms with Crippen molar-refractivity contribution in [1.82, 2.24) is 9.78 Å². The Hall–Kier alpha value is -4.21. The monoisotopic (exact) mass is 439 g/mol. The number of hydrogen-bond acceptors (Lipinski definition) is 8. The smallest absolute Gasteiger partial charge is 0.280 e. The van der Waals surface area contributed by atoms with Crippen LogP contribution in [0, 0.1) is 0 Å². The summed E-state index contributed by atoms with van der Waals surface area (Å²) in [5.41, 5.74) is 0.00257. The molecule has 0 atom stereocenters. The van der Waals surface area contributed by atoms with E-state index in [-0.39, 0.29) is 11.6 Å². The summed E-state index contributed by atoms with van der Waals surface area (Å²) >= 11 is 0. The van der Waals surface area contributed by atoms with Crippen LogP contribution in [0.2, 0.25) is 0 Å². The third kappa shape index (κ3) is 4.15. The second kappa shape index (κ2) is 8.88. The number of carbonyl (C=O) groups is 1. The number of carbonyl (C=O) groups excluding carboxylic acids is 1. The highest BCUT2D eigenvalue weighted by molar-refractivity contribution is 6.02. The van der Waals surface area contributed by atoms with Crippen LogP contribution in [0.25, 0.3) is 5.69 Å². The Morgan fingerprint density at radius 2 is 1.62 bits per heavy atom. The van der Waals surface area contributed by atoms with Crippen molar-refractivity contribution < 1.29 is 28.5 Å². The fourth-order valence-electron chi connectivity index (χ4n) is 3.15. The predicted molar refractivity (Wildman–Crippen MR) is 115 cm³/mol. The summed E-state index contributed by atoms with van der Waals surface area (Å²) in [6.07, 6.45) is 0. The first-order valence-corrected chi connectivity index (χ1v) is 9.65. The molecule has 32 heavy (non-hydrogen) atoms. The summed E-state index contributed by atoms with van der Waals surface area (Å²) < 4.78 is 28.2. The van der Waals surface area contributed by atoms with Crippen molar-refractivity contribution in [2.75, 3.05) is 39.9 Å². The van der Waals surface area contributed by atoms with Gasteiger partial charge in [-0.25, -0.2) is 0 Å². The van der Waals surface area contributed by atoms with Gasteiger partial charge in [0.05, 0.1) is 33.1 Å². The second-order valence-corrected chi connectivity index (χ2v) is 6.69. The van der Waals surface area contributed by atoms with Crippen LogP contribution < -0.4 is 34.4 Å². The molecule has 0 unspecified atom stereocenters. The topological polar surface area (TPSA) is 110 Å². The lowest BCUT2D eigenvalue weighted by atomic mass is 10.2. The summed E-state index contributed by atoms with van der Waals surface area (Å²) in [4.78, 5) is 25.5. The van der Waals surface area contributed by atoms with E-state index in [2.05, 4.69) is 10.4 Å². The standard InChI is InChI=1S/C22H21N3O7/c1-28-15-9-14(10-16(11-15)29-2)25-20(30-3)12-17(26)21(24-25)22(27)23-13-4-5-18-19(8-13)32-7-6-31-18/h4-5,8-12H,6-7H2,1-3H3,(H,23,27). The first kappa shape index (κ1) is 21.0. The SMILES string of the molecule is COc1cc(OC)cc(-n2nc(C(=O)Nc3ccc4c(c3)OCCO4)c(=O)cc2OC)c1. The van der Waals surface area contributed by atoms with E-state index >= 15 is 0 Å². The van der Waals surface area contributed by atoms with E-state index in [4.69, 9.17) is 23.7 Å². The van der Waals surface area contributed by atoms with Gasteiger partial charge in [-0.3, -0.25) is 9.59 Å². The first-order chi connectivity index (χ1) is 15.5. The molecule has 1 N–H and O–H groups in total. The first-order valence-electron chi connectivity index (χ1n) is 9.65. The molecule has 2 aromatic carbocycles. The molecule has 0 radical (unpaired) electrons. The van der Waals surface area contributed by atoms with Crippen molar-refractivity contribution >= 4 is 11.6 Å². The summed E-state index contributed by atoms with van der Waals surface area (Å²) in [5, 5.41) is 6.92. The van der Waals surface area contributed by atoms with Crippen LogP contribution >= 0.6 is 0 Å². The minimum atomic E-state index is -0.682. The minimum Gasteiger partial charge on any atom is -0.497 e. The van der Waals surface area contributed by atoms with Crippen molar-refractivity contribution in [3.05, 3.63) is 58.4 Å². The maximum Gasteiger partial charge on any atom is 0.280 e. The van der Waals surface area contributed by atoms with Gasteiger partial charge in [-0.05, 0) is 12.1 Å². The Morgan fingerprint density at radius 1 is 0.938 bits per heavy atom. The van der Waals surface area contributed by atoms with Gasteiger partial charge in [-0.1, -0.05) is 0 Å². The number of amides is 1. The highest BCUT2D eigenvalue weighted by Crippen LogP contribution is 2.32. The molecule has 10 heteroatoms. The molecule has 10 nitrogen and oxygen atoms in total. The van der Waals surface area contributed by atoms with Crippen LogP contribution in [0.1, 0.15) is 10.5 Å². The van der Waals surface area contributed by atoms with E-state index in [0.717, 1.165) is 0 Å². The number of nitrogens with zero attached hydrogens (tertiary/aromatic N) is 2. The number of hydrogen-bond donors (Lipinski definition) is 1. The average molecular weight is 439 g/mol. The lowest BCUT2D eigenvalue weighted by Crippen LogP contribution is -2.26. The van der Waals surface area contributed by atoms with E-state index in [1.807, 2.05) is 0 Å². The fraction of sp³-hybridized carbons (Fsp3) is 0.227. The fourth-order valence-corrected chi connectivity index (χ4v) is 3.15. The van der Waals surface area contributed by atoms with E-state index in [1.165, 1.54) is 32.1 Å². The number of anilines is 1. The Bertz CT molecular complexity index is 1200. The molecule has 166 valence electrons. The summed E-state index contributed by atoms with van der Waals surface area (Å²) in [5.74, 6) is 1.57. The Kier molecular flexibility index (Phi) is 5.84. The molecule has 1 amide bonds. The Balaban J connectivity index is 1.71. The van der Waals surface area contributed by atoms with Gasteiger partial charge in [0.2, 0.25) is 11.3 Å². The van der Waals surface area contributed by atoms with Gasteiger partial charge in [0, 0.05) is 30.0 Å². The van der Waals surface area contributed by atoms with Crippen molar-refractivity contribution in [1.29, 1.82) is 0 Å². The predicted octanol–water partition coefficient (Wildman–Crippen LogP) is 2.28. The molecule has 2 heterocycles. The Labute approximate surface area is 183 Å². The van der Waals surface area contributed by atoms with Crippen molar-refractivity contribution in [3.63, 3.8) is 0 Å². The number of fused-ring (bicyclic) bond motifs is 1. The Morgan fingerprint density at radius 3 is 2.28 bits per heavy atom. The largest absolute Gasteiger partial charge is 0.497 e. The normalized spacial score (nSPS) is 12.1. The third-order valence-electron chi connectivity index (χ3n) is 4.70. The minimum absolute atomic E-state index is 0.140. The van der Waals surface area contributed by atoms with Gasteiger partial charge in [-0.15, -0.1) is 0 Å². The molecule has 1 aromatic heterocycles. The van der Waals surface area contributed by atoms with Crippen LogP contribution in [0.3, 0.4) is 0 Å². The van der Waals surface area contributed by atoms with E-state index in [0.29, 0.717) is 47.6 Å². The molecule has 1 aliphatic rings. The maximum absolute atomic E-state index is 12.9. The summed E-state index contributed by atoms with van der Waals surface area (Å²) in [7, 11) is 4.43. The third-order valence-corrected chi connectivity index (χ3v) is 4.70. The number of ether oxygens (including phenoxy) is 5. The average Bonchev–Trinajstić information content (AvgIpc) is 2.83. The number of benzene rings is 2. The highest BCUT2D eigenvalue weighted by atomic mass is 16.6. The maximum atomic E-state index is 12.9. The van der Waals surface area contributed by atoms with Gasteiger partial charge >= 0.3 is 0 Å². The van der Waals surface area contributed by atoms with E-state index in [9.17, 15) is 9.59 Å². The zero-order valence-electron chi connectivity index (χ0n) is 17.7. The number of rotatable bonds is 6. The van der Waals surface area contributed by atoms with Crippen LogP contribution in [0.4, 0.5) is 5.69 Å². The van der Waals surface area contributed by atoms with Gasteiger partial charge < -0.3 is 29.0 Å². The summed E-state index contributed by atoms with van der Waals surface area (Å²) in [6.45, 7) is 0.877. The van der Waals surface area contributed by atoms with Crippen LogP contribution in [-0.4, -0.2) is 50.2 Å². The van der Waals surface area contributed by atoms with Crippen molar-refractivity contribution in [2.45, 2.75) is 0 Å². The molecule has 0 saturated carbocycles. The van der Waals surface area contributed by atoms with Gasteiger partial charge in [0.15, 0.2) is 17.2 Å². The zero-order valence-corrected chi connectivity index (χ0v) is 17.7. The van der Waals surface area contributed by atoms with E-state index in [1.54, 1.807) is 36.4 Å². The molecular formula is C22H21N3O7. The molecule has 0 bridgehead atoms. The highest BCUT2D eigenvalue weighted by Gasteiger charge is 2.19. The lowest BCUT2D eigenvalue weighted by molar-refractivity contribution is 0.101. The van der Waals surface area contributed by atoms with Crippen molar-refractivity contribution in [2.24, 2.45) is 0 Å². The molecule has 0 fully saturated rings. The van der Waals surface area contributed by atoms with Gasteiger partial charge in [0.1, 0.15) is 24.7 Å². The summed E-state index contributed by atoms with van der Waals surface area (Å²) in [6, 6.07) is 11.2. The molecule has 0 saturated heterocycles. The van der Waals surface area contributed by atoms with Gasteiger partial charge in [0.25, 0.3) is 5.91 Å². The van der Waals surface area contributed by atoms with Crippen LogP contribution in [-0.2, 0) is 0 Å². The lowest BCUT2D eigenvalue weighted by Gasteiger charge is -2.19. The van der Waals surface area contributed by atoms with Gasteiger partial charge in [-0.2, -0.15) is 9.78 Å². The number of nitrogens with one attached hydrogen (secondary N) is 1. The number of methoxy groups -OCH3 is 3. The van der Waals surface area contributed by atoms with E-state index < -0.39 is 11.3 Å². The van der Waals surface area contributed by atoms with Crippen LogP contribution in [0.5, 0.6) is 28.9 Å². The van der Waals surface area contributed by atoms with Crippen molar-refractivity contribution in [3.8, 4) is 34.6 Å². The van der Waals surface area contributed by atoms with Crippen LogP contribution in [0.15, 0.2) is 47.3 Å². The molecule has 0 spiro atoms. The molecule has 4 rings (SSSR count). The zero-order chi connectivity index (χ0) is 22.7. The molecule has 1 aliphatic heterocycles. The second-order valence-electron chi connectivity index (χ2n) is 6.69. The molecule has 0 aliphatic carbocycles. The quantitative estimate of drug-likeness (QED) is 0.623. The number of aromatic nitrogens is 2.